The number of morpholine rings is 1. The number of anilines is 1. The topological polar surface area (TPSA) is 70.1 Å². The van der Waals surface area contributed by atoms with E-state index in [1.807, 2.05) is 20.0 Å². The highest BCUT2D eigenvalue weighted by molar-refractivity contribution is 5.48. The summed E-state index contributed by atoms with van der Waals surface area (Å²) in [6.07, 6.45) is -1.18. The van der Waals surface area contributed by atoms with Crippen LogP contribution in [0.15, 0.2) is 29.3 Å². The summed E-state index contributed by atoms with van der Waals surface area (Å²) in [7, 11) is 0. The Morgan fingerprint density at radius 1 is 1.18 bits per heavy atom. The Bertz CT molecular complexity index is 1210. The molecule has 8 nitrogen and oxygen atoms in total. The monoisotopic (exact) mass is 464 g/mol. The van der Waals surface area contributed by atoms with Crippen molar-refractivity contribution in [3.05, 3.63) is 57.5 Å². The van der Waals surface area contributed by atoms with Crippen LogP contribution in [0.1, 0.15) is 36.4 Å². The molecule has 33 heavy (non-hydrogen) atoms. The minimum absolute atomic E-state index is 0.0485. The van der Waals surface area contributed by atoms with Crippen molar-refractivity contribution in [1.82, 2.24) is 23.9 Å². The summed E-state index contributed by atoms with van der Waals surface area (Å²) in [4.78, 5) is 19.6. The van der Waals surface area contributed by atoms with Crippen molar-refractivity contribution < 1.29 is 17.9 Å². The third-order valence-electron chi connectivity index (χ3n) is 5.96. The molecule has 0 aromatic carbocycles. The van der Waals surface area contributed by atoms with E-state index in [0.29, 0.717) is 37.6 Å². The molecule has 178 valence electrons. The molecule has 0 aliphatic carbocycles. The molecule has 1 atom stereocenters. The second-order valence-electron chi connectivity index (χ2n) is 8.28. The van der Waals surface area contributed by atoms with Crippen LogP contribution >= 0.6 is 0 Å². The van der Waals surface area contributed by atoms with E-state index in [1.165, 1.54) is 9.13 Å². The number of ether oxygens (including phenoxy) is 1. The Morgan fingerprint density at radius 3 is 2.55 bits per heavy atom. The summed E-state index contributed by atoms with van der Waals surface area (Å²) in [6.45, 7) is 9.51. The summed E-state index contributed by atoms with van der Waals surface area (Å²) < 4.78 is 51.3. The van der Waals surface area contributed by atoms with E-state index in [4.69, 9.17) is 4.74 Å². The van der Waals surface area contributed by atoms with Crippen LogP contribution in [0, 0.1) is 13.8 Å². The fourth-order valence-corrected chi connectivity index (χ4v) is 4.03. The predicted molar refractivity (Wildman–Crippen MR) is 117 cm³/mol. The lowest BCUT2D eigenvalue weighted by Crippen LogP contribution is -2.41. The van der Waals surface area contributed by atoms with E-state index in [1.54, 1.807) is 29.6 Å². The lowest BCUT2D eigenvalue weighted by atomic mass is 10.2. The van der Waals surface area contributed by atoms with Crippen molar-refractivity contribution in [2.24, 2.45) is 0 Å². The normalized spacial score (nSPS) is 17.1. The van der Waals surface area contributed by atoms with E-state index in [2.05, 4.69) is 10.1 Å². The van der Waals surface area contributed by atoms with Crippen LogP contribution in [0.3, 0.4) is 0 Å². The van der Waals surface area contributed by atoms with Crippen LogP contribution in [0.25, 0.3) is 5.82 Å². The number of rotatable bonds is 5. The van der Waals surface area contributed by atoms with Gasteiger partial charge in [0.2, 0.25) is 0 Å². The molecular formula is C22H27F3N6O2. The lowest BCUT2D eigenvalue weighted by molar-refractivity contribution is -0.137. The highest BCUT2D eigenvalue weighted by Gasteiger charge is 2.33. The average molecular weight is 464 g/mol. The van der Waals surface area contributed by atoms with Gasteiger partial charge >= 0.3 is 11.9 Å². The predicted octanol–water partition coefficient (Wildman–Crippen LogP) is 3.16. The molecular weight excluding hydrogens is 437 g/mol. The minimum Gasteiger partial charge on any atom is -0.375 e. The number of nitrogens with zero attached hydrogens (tertiary/aromatic N) is 6. The molecule has 0 saturated carbocycles. The summed E-state index contributed by atoms with van der Waals surface area (Å²) >= 11 is 0. The van der Waals surface area contributed by atoms with Gasteiger partial charge in [-0.15, -0.1) is 0 Å². The molecule has 0 unspecified atom stereocenters. The van der Waals surface area contributed by atoms with Gasteiger partial charge < -0.3 is 9.64 Å². The molecule has 4 rings (SSSR count). The van der Waals surface area contributed by atoms with Crippen LogP contribution in [-0.2, 0) is 24.0 Å². The summed E-state index contributed by atoms with van der Waals surface area (Å²) in [5.74, 6) is 0.128. The zero-order valence-corrected chi connectivity index (χ0v) is 19.1. The molecule has 0 bridgehead atoms. The van der Waals surface area contributed by atoms with Crippen LogP contribution in [0.2, 0.25) is 0 Å². The smallest absolute Gasteiger partial charge is 0.375 e. The van der Waals surface area contributed by atoms with Crippen molar-refractivity contribution in [1.29, 1.82) is 0 Å². The minimum atomic E-state index is -4.58. The van der Waals surface area contributed by atoms with Crippen molar-refractivity contribution in [3.63, 3.8) is 0 Å². The van der Waals surface area contributed by atoms with Gasteiger partial charge in [-0.3, -0.25) is 9.25 Å². The SMILES string of the molecule is CCn1cc(Cn2c(C)c(C)n(-c3cc(C(F)(F)F)cc(N4CCO[C@H](C)C4)n3)c2=O)cn1. The molecule has 1 aliphatic heterocycles. The first kappa shape index (κ1) is 23.1. The van der Waals surface area contributed by atoms with Gasteiger partial charge in [0, 0.05) is 42.8 Å². The van der Waals surface area contributed by atoms with Crippen molar-refractivity contribution in [3.8, 4) is 5.82 Å². The Kier molecular flexibility index (Phi) is 6.08. The maximum absolute atomic E-state index is 13.7. The maximum Gasteiger partial charge on any atom is 0.416 e. The van der Waals surface area contributed by atoms with Gasteiger partial charge in [0.25, 0.3) is 0 Å². The largest absolute Gasteiger partial charge is 0.416 e. The van der Waals surface area contributed by atoms with Gasteiger partial charge in [-0.25, -0.2) is 14.3 Å². The Labute approximate surface area is 189 Å². The first-order valence-corrected chi connectivity index (χ1v) is 10.8. The standard InChI is InChI=1S/C22H27F3N6O2/c1-5-29-12-17(10-26-29)13-30-15(3)16(4)31(21(30)32)20-9-18(22(23,24)25)8-19(27-20)28-6-7-33-14(2)11-28/h8-10,12,14H,5-7,11,13H2,1-4H3/t14-/m1/s1. The summed E-state index contributed by atoms with van der Waals surface area (Å²) in [6, 6.07) is 1.96. The molecule has 0 N–H and O–H groups in total. The van der Waals surface area contributed by atoms with Crippen LogP contribution < -0.4 is 10.6 Å². The molecule has 3 aromatic rings. The van der Waals surface area contributed by atoms with E-state index in [-0.39, 0.29) is 24.3 Å². The van der Waals surface area contributed by atoms with Crippen LogP contribution in [0.4, 0.5) is 19.0 Å². The molecule has 0 spiro atoms. The molecule has 3 aromatic heterocycles. The number of alkyl halides is 3. The molecule has 1 fully saturated rings. The molecule has 1 saturated heterocycles. The first-order valence-electron chi connectivity index (χ1n) is 10.8. The summed E-state index contributed by atoms with van der Waals surface area (Å²) in [5, 5.41) is 4.23. The van der Waals surface area contributed by atoms with Crippen molar-refractivity contribution in [2.45, 2.75) is 53.1 Å². The van der Waals surface area contributed by atoms with Gasteiger partial charge in [0.05, 0.1) is 31.0 Å². The number of aryl methyl sites for hydroxylation is 1. The Morgan fingerprint density at radius 2 is 1.91 bits per heavy atom. The fourth-order valence-electron chi connectivity index (χ4n) is 4.03. The van der Waals surface area contributed by atoms with E-state index in [0.717, 1.165) is 17.7 Å². The molecule has 0 amide bonds. The molecule has 1 aliphatic rings. The van der Waals surface area contributed by atoms with Crippen LogP contribution in [-0.4, -0.2) is 49.7 Å². The molecule has 11 heteroatoms. The Hall–Kier alpha value is -3.08. The summed E-state index contributed by atoms with van der Waals surface area (Å²) in [5.41, 5.74) is 0.741. The number of hydrogen-bond donors (Lipinski definition) is 0. The van der Waals surface area contributed by atoms with Crippen molar-refractivity contribution in [2.75, 3.05) is 24.6 Å². The number of hydrogen-bond acceptors (Lipinski definition) is 5. The van der Waals surface area contributed by atoms with Gasteiger partial charge in [-0.1, -0.05) is 0 Å². The van der Waals surface area contributed by atoms with E-state index < -0.39 is 17.4 Å². The molecule has 4 heterocycles. The first-order chi connectivity index (χ1) is 15.6. The quantitative estimate of drug-likeness (QED) is 0.580. The average Bonchev–Trinajstić information content (AvgIpc) is 3.31. The molecule has 0 radical (unpaired) electrons. The number of halogens is 3. The van der Waals surface area contributed by atoms with Gasteiger partial charge in [-0.05, 0) is 39.8 Å². The maximum atomic E-state index is 13.7. The fraction of sp³-hybridized carbons (Fsp3) is 0.500. The number of aromatic nitrogens is 5. The number of imidazole rings is 1. The van der Waals surface area contributed by atoms with Gasteiger partial charge in [0.1, 0.15) is 11.6 Å². The second-order valence-corrected chi connectivity index (χ2v) is 8.28. The lowest BCUT2D eigenvalue weighted by Gasteiger charge is -2.32. The third-order valence-corrected chi connectivity index (χ3v) is 5.96. The highest BCUT2D eigenvalue weighted by Crippen LogP contribution is 2.33. The number of pyridine rings is 1. The zero-order valence-electron chi connectivity index (χ0n) is 19.1. The Balaban J connectivity index is 1.81. The van der Waals surface area contributed by atoms with Gasteiger partial charge in [0.15, 0.2) is 0 Å². The van der Waals surface area contributed by atoms with Gasteiger partial charge in [-0.2, -0.15) is 18.3 Å². The third kappa shape index (κ3) is 4.54. The second kappa shape index (κ2) is 8.69. The van der Waals surface area contributed by atoms with Crippen molar-refractivity contribution >= 4 is 5.82 Å². The van der Waals surface area contributed by atoms with Crippen LogP contribution in [0.5, 0.6) is 0 Å². The van der Waals surface area contributed by atoms with E-state index in [9.17, 15) is 18.0 Å². The highest BCUT2D eigenvalue weighted by atomic mass is 19.4. The zero-order chi connectivity index (χ0) is 23.9. The van der Waals surface area contributed by atoms with E-state index >= 15 is 0 Å².